The van der Waals surface area contributed by atoms with Gasteiger partial charge in [0.25, 0.3) is 0 Å². The summed E-state index contributed by atoms with van der Waals surface area (Å²) >= 11 is 0. The second-order valence-electron chi connectivity index (χ2n) is 6.33. The molecule has 1 amide bonds. The fraction of sp³-hybridized carbons (Fsp3) is 0.867. The maximum absolute atomic E-state index is 12.2. The second kappa shape index (κ2) is 7.07. The third-order valence-electron chi connectivity index (χ3n) is 4.52. The molecule has 0 aromatic carbocycles. The third kappa shape index (κ3) is 3.95. The molecule has 116 valence electrons. The van der Waals surface area contributed by atoms with Gasteiger partial charge < -0.3 is 15.7 Å². The molecule has 1 unspecified atom stereocenters. The van der Waals surface area contributed by atoms with E-state index in [-0.39, 0.29) is 17.9 Å². The molecule has 1 rings (SSSR count). The Kier molecular flexibility index (Phi) is 5.99. The minimum absolute atomic E-state index is 0.0571. The molecule has 3 N–H and O–H groups in total. The molecular weight excluding hydrogens is 256 g/mol. The number of carboxylic acid groups (broad SMARTS) is 1. The number of nitrogens with zero attached hydrogens (tertiary/aromatic N) is 1. The van der Waals surface area contributed by atoms with E-state index in [2.05, 4.69) is 0 Å². The van der Waals surface area contributed by atoms with Gasteiger partial charge in [0, 0.05) is 25.6 Å². The summed E-state index contributed by atoms with van der Waals surface area (Å²) in [5.74, 6) is -0.381. The summed E-state index contributed by atoms with van der Waals surface area (Å²) in [6.45, 7) is 7.09. The highest BCUT2D eigenvalue weighted by Crippen LogP contribution is 2.36. The number of carboxylic acids is 1. The molecule has 0 aromatic heterocycles. The van der Waals surface area contributed by atoms with Crippen LogP contribution >= 0.6 is 0 Å². The largest absolute Gasteiger partial charge is 0.481 e. The van der Waals surface area contributed by atoms with Gasteiger partial charge in [-0.3, -0.25) is 9.59 Å². The first kappa shape index (κ1) is 17.0. The number of hydrogen-bond donors (Lipinski definition) is 2. The molecule has 1 saturated heterocycles. The van der Waals surface area contributed by atoms with Gasteiger partial charge in [-0.1, -0.05) is 27.2 Å². The first-order valence-corrected chi connectivity index (χ1v) is 7.59. The molecule has 1 aliphatic heterocycles. The van der Waals surface area contributed by atoms with Crippen LogP contribution in [0, 0.1) is 11.3 Å². The van der Waals surface area contributed by atoms with Gasteiger partial charge in [0.1, 0.15) is 0 Å². The Morgan fingerprint density at radius 2 is 1.85 bits per heavy atom. The zero-order valence-corrected chi connectivity index (χ0v) is 12.9. The number of nitrogens with two attached hydrogens (primary N) is 1. The van der Waals surface area contributed by atoms with Crippen LogP contribution in [-0.2, 0) is 9.59 Å². The van der Waals surface area contributed by atoms with E-state index in [4.69, 9.17) is 5.73 Å². The van der Waals surface area contributed by atoms with E-state index in [1.165, 1.54) is 0 Å². The number of carbonyl (C=O) groups is 2. The Hall–Kier alpha value is -1.10. The molecule has 0 saturated carbocycles. The van der Waals surface area contributed by atoms with Gasteiger partial charge in [-0.25, -0.2) is 0 Å². The number of amides is 1. The van der Waals surface area contributed by atoms with Crippen LogP contribution in [0.2, 0.25) is 0 Å². The predicted octanol–water partition coefficient (Wildman–Crippen LogP) is 1.85. The van der Waals surface area contributed by atoms with E-state index in [9.17, 15) is 14.7 Å². The standard InChI is InChI=1S/C15H28N2O3/c1-4-5-15(14(19)20)6-8-17(9-7-15)13(18)10-12(16)11(2)3/h11-12H,4-10,16H2,1-3H3,(H,19,20). The van der Waals surface area contributed by atoms with Crippen molar-refractivity contribution in [2.75, 3.05) is 13.1 Å². The van der Waals surface area contributed by atoms with Crippen molar-refractivity contribution in [3.63, 3.8) is 0 Å². The van der Waals surface area contributed by atoms with E-state index in [1.807, 2.05) is 20.8 Å². The first-order chi connectivity index (χ1) is 9.32. The fourth-order valence-electron chi connectivity index (χ4n) is 2.80. The summed E-state index contributed by atoms with van der Waals surface area (Å²) in [7, 11) is 0. The quantitative estimate of drug-likeness (QED) is 0.779. The Labute approximate surface area is 121 Å². The average Bonchev–Trinajstić information content (AvgIpc) is 2.39. The molecule has 1 atom stereocenters. The zero-order chi connectivity index (χ0) is 15.3. The van der Waals surface area contributed by atoms with Crippen LogP contribution in [0.15, 0.2) is 0 Å². The predicted molar refractivity (Wildman–Crippen MR) is 78.2 cm³/mol. The van der Waals surface area contributed by atoms with Crippen LogP contribution in [-0.4, -0.2) is 41.0 Å². The lowest BCUT2D eigenvalue weighted by Gasteiger charge is -2.39. The van der Waals surface area contributed by atoms with E-state index in [1.54, 1.807) is 4.90 Å². The van der Waals surface area contributed by atoms with E-state index in [0.717, 1.165) is 6.42 Å². The van der Waals surface area contributed by atoms with Crippen molar-refractivity contribution in [3.05, 3.63) is 0 Å². The van der Waals surface area contributed by atoms with Crippen LogP contribution < -0.4 is 5.73 Å². The molecule has 5 nitrogen and oxygen atoms in total. The van der Waals surface area contributed by atoms with Gasteiger partial charge in [0.05, 0.1) is 5.41 Å². The van der Waals surface area contributed by atoms with E-state index in [0.29, 0.717) is 38.8 Å². The minimum Gasteiger partial charge on any atom is -0.481 e. The highest BCUT2D eigenvalue weighted by Gasteiger charge is 2.41. The summed E-state index contributed by atoms with van der Waals surface area (Å²) in [6.07, 6.45) is 3.01. The number of hydrogen-bond acceptors (Lipinski definition) is 3. The number of likely N-dealkylation sites (tertiary alicyclic amines) is 1. The van der Waals surface area contributed by atoms with Gasteiger partial charge in [-0.05, 0) is 25.2 Å². The fourth-order valence-corrected chi connectivity index (χ4v) is 2.80. The maximum Gasteiger partial charge on any atom is 0.309 e. The first-order valence-electron chi connectivity index (χ1n) is 7.59. The lowest BCUT2D eigenvalue weighted by Crippen LogP contribution is -2.47. The van der Waals surface area contributed by atoms with Crippen LogP contribution in [0.1, 0.15) is 52.9 Å². The summed E-state index contributed by atoms with van der Waals surface area (Å²) in [5, 5.41) is 9.44. The molecule has 5 heteroatoms. The van der Waals surface area contributed by atoms with Crippen LogP contribution in [0.4, 0.5) is 0 Å². The van der Waals surface area contributed by atoms with Gasteiger partial charge >= 0.3 is 5.97 Å². The summed E-state index contributed by atoms with van der Waals surface area (Å²) in [6, 6.07) is -0.121. The Morgan fingerprint density at radius 1 is 1.30 bits per heavy atom. The SMILES string of the molecule is CCCC1(C(=O)O)CCN(C(=O)CC(N)C(C)C)CC1. The van der Waals surface area contributed by atoms with Crippen molar-refractivity contribution in [1.29, 1.82) is 0 Å². The summed E-state index contributed by atoms with van der Waals surface area (Å²) in [4.78, 5) is 25.4. The Bertz CT molecular complexity index is 347. The normalized spacial score (nSPS) is 19.9. The molecule has 0 radical (unpaired) electrons. The number of rotatable bonds is 6. The van der Waals surface area contributed by atoms with Crippen LogP contribution in [0.25, 0.3) is 0 Å². The van der Waals surface area contributed by atoms with Crippen molar-refractivity contribution in [3.8, 4) is 0 Å². The van der Waals surface area contributed by atoms with Crippen molar-refractivity contribution in [1.82, 2.24) is 4.90 Å². The van der Waals surface area contributed by atoms with Crippen LogP contribution in [0.3, 0.4) is 0 Å². The zero-order valence-electron chi connectivity index (χ0n) is 12.9. The number of piperidine rings is 1. The maximum atomic E-state index is 12.2. The average molecular weight is 284 g/mol. The smallest absolute Gasteiger partial charge is 0.309 e. The van der Waals surface area contributed by atoms with Gasteiger partial charge in [-0.2, -0.15) is 0 Å². The highest BCUT2D eigenvalue weighted by atomic mass is 16.4. The summed E-state index contributed by atoms with van der Waals surface area (Å²) < 4.78 is 0. The summed E-state index contributed by atoms with van der Waals surface area (Å²) in [5.41, 5.74) is 5.30. The van der Waals surface area contributed by atoms with Crippen molar-refractivity contribution in [2.24, 2.45) is 17.1 Å². The molecule has 0 spiro atoms. The highest BCUT2D eigenvalue weighted by molar-refractivity contribution is 5.78. The lowest BCUT2D eigenvalue weighted by atomic mass is 9.75. The molecule has 1 heterocycles. The van der Waals surface area contributed by atoms with Crippen molar-refractivity contribution in [2.45, 2.75) is 58.9 Å². The topological polar surface area (TPSA) is 83.6 Å². The molecule has 1 aliphatic rings. The lowest BCUT2D eigenvalue weighted by molar-refractivity contribution is -0.155. The van der Waals surface area contributed by atoms with Gasteiger partial charge in [0.2, 0.25) is 5.91 Å². The Balaban J connectivity index is 2.56. The van der Waals surface area contributed by atoms with E-state index < -0.39 is 11.4 Å². The third-order valence-corrected chi connectivity index (χ3v) is 4.52. The van der Waals surface area contributed by atoms with Crippen molar-refractivity contribution < 1.29 is 14.7 Å². The number of carbonyl (C=O) groups excluding carboxylic acids is 1. The van der Waals surface area contributed by atoms with Crippen molar-refractivity contribution >= 4 is 11.9 Å². The molecule has 0 bridgehead atoms. The number of aliphatic carboxylic acids is 1. The molecule has 1 fully saturated rings. The molecule has 0 aliphatic carbocycles. The van der Waals surface area contributed by atoms with E-state index >= 15 is 0 Å². The Morgan fingerprint density at radius 3 is 2.25 bits per heavy atom. The molecule has 0 aromatic rings. The second-order valence-corrected chi connectivity index (χ2v) is 6.33. The minimum atomic E-state index is -0.717. The van der Waals surface area contributed by atoms with Gasteiger partial charge in [-0.15, -0.1) is 0 Å². The molecule has 20 heavy (non-hydrogen) atoms. The molecular formula is C15H28N2O3. The van der Waals surface area contributed by atoms with Gasteiger partial charge in [0.15, 0.2) is 0 Å². The van der Waals surface area contributed by atoms with Crippen LogP contribution in [0.5, 0.6) is 0 Å². The monoisotopic (exact) mass is 284 g/mol.